The van der Waals surface area contributed by atoms with E-state index in [1.54, 1.807) is 6.07 Å². The molecule has 2 N–H and O–H groups in total. The van der Waals surface area contributed by atoms with Crippen molar-refractivity contribution in [1.82, 2.24) is 10.6 Å². The van der Waals surface area contributed by atoms with Crippen LogP contribution in [0.4, 0.5) is 8.78 Å². The molecule has 0 radical (unpaired) electrons. The number of carbonyl (C=O) groups is 2. The third-order valence-electron chi connectivity index (χ3n) is 6.75. The van der Waals surface area contributed by atoms with E-state index in [4.69, 9.17) is 4.74 Å². The van der Waals surface area contributed by atoms with Crippen molar-refractivity contribution in [2.75, 3.05) is 26.8 Å². The average molecular weight is 520 g/mol. The van der Waals surface area contributed by atoms with Gasteiger partial charge in [0.15, 0.2) is 0 Å². The van der Waals surface area contributed by atoms with E-state index in [9.17, 15) is 18.4 Å². The molecule has 1 heterocycles. The molecular formula is C29H27F2N3O4. The van der Waals surface area contributed by atoms with Gasteiger partial charge in [-0.1, -0.05) is 24.3 Å². The predicted octanol–water partition coefficient (Wildman–Crippen LogP) is 4.10. The minimum atomic E-state index is -0.842. The highest BCUT2D eigenvalue weighted by atomic mass is 19.1. The summed E-state index contributed by atoms with van der Waals surface area (Å²) in [5.74, 6) is -0.762. The maximum atomic E-state index is 14.8. The lowest BCUT2D eigenvalue weighted by Crippen LogP contribution is -2.26. The summed E-state index contributed by atoms with van der Waals surface area (Å²) in [7, 11) is 1.16. The van der Waals surface area contributed by atoms with E-state index in [0.29, 0.717) is 18.6 Å². The first-order valence-corrected chi connectivity index (χ1v) is 12.4. The first-order chi connectivity index (χ1) is 18.4. The van der Waals surface area contributed by atoms with Gasteiger partial charge in [-0.3, -0.25) is 9.79 Å². The standard InChI is InChI=1S/C29H27F2N3O4/c1-37-29(36)26-22(3-2-4-24(26)30)18-5-6-19(25(31)14-18)15-34-28(35)23-13-20(23)16-38-21-9-7-17(8-10-21)27-32-11-12-33-27/h2-10,14,20,23H,11-13,15-16H2,1H3,(H,32,33)(H,34,35)/t20-,23+/m0/s1. The number of carbonyl (C=O) groups excluding carboxylic acids is 2. The van der Waals surface area contributed by atoms with Gasteiger partial charge in [0.25, 0.3) is 0 Å². The van der Waals surface area contributed by atoms with Crippen molar-refractivity contribution >= 4 is 17.7 Å². The summed E-state index contributed by atoms with van der Waals surface area (Å²) in [6, 6.07) is 16.1. The van der Waals surface area contributed by atoms with Crippen LogP contribution in [-0.2, 0) is 16.1 Å². The average Bonchev–Trinajstić information content (AvgIpc) is 3.51. The Bertz CT molecular complexity index is 1390. The van der Waals surface area contributed by atoms with E-state index in [2.05, 4.69) is 20.4 Å². The first kappa shape index (κ1) is 25.4. The summed E-state index contributed by atoms with van der Waals surface area (Å²) >= 11 is 0. The number of ether oxygens (including phenoxy) is 2. The van der Waals surface area contributed by atoms with E-state index in [-0.39, 0.29) is 41.0 Å². The molecule has 5 rings (SSSR count). The normalized spacial score (nSPS) is 17.8. The number of halogens is 2. The number of esters is 1. The molecule has 2 aliphatic rings. The molecule has 1 amide bonds. The molecule has 0 bridgehead atoms. The Balaban J connectivity index is 1.13. The van der Waals surface area contributed by atoms with Crippen LogP contribution in [0, 0.1) is 23.5 Å². The van der Waals surface area contributed by atoms with Crippen LogP contribution < -0.4 is 15.4 Å². The molecule has 1 aliphatic heterocycles. The highest BCUT2D eigenvalue weighted by Crippen LogP contribution is 2.39. The van der Waals surface area contributed by atoms with Gasteiger partial charge in [0, 0.05) is 36.1 Å². The molecule has 0 spiro atoms. The van der Waals surface area contributed by atoms with Crippen LogP contribution in [0.2, 0.25) is 0 Å². The van der Waals surface area contributed by atoms with Crippen LogP contribution >= 0.6 is 0 Å². The lowest BCUT2D eigenvalue weighted by Gasteiger charge is -2.11. The van der Waals surface area contributed by atoms with Crippen LogP contribution in [0.5, 0.6) is 5.75 Å². The smallest absolute Gasteiger partial charge is 0.341 e. The van der Waals surface area contributed by atoms with Crippen molar-refractivity contribution in [2.24, 2.45) is 16.8 Å². The van der Waals surface area contributed by atoms with Crippen molar-refractivity contribution in [3.63, 3.8) is 0 Å². The molecule has 38 heavy (non-hydrogen) atoms. The van der Waals surface area contributed by atoms with Crippen LogP contribution in [0.3, 0.4) is 0 Å². The van der Waals surface area contributed by atoms with Gasteiger partial charge in [0.2, 0.25) is 5.91 Å². The molecule has 1 fully saturated rings. The highest BCUT2D eigenvalue weighted by Gasteiger charge is 2.43. The number of rotatable bonds is 9. The van der Waals surface area contributed by atoms with Crippen LogP contribution in [-0.4, -0.2) is 44.5 Å². The number of nitrogens with zero attached hydrogens (tertiary/aromatic N) is 1. The molecule has 196 valence electrons. The van der Waals surface area contributed by atoms with Gasteiger partial charge in [-0.05, 0) is 53.9 Å². The fourth-order valence-electron chi connectivity index (χ4n) is 4.50. The van der Waals surface area contributed by atoms with E-state index in [1.165, 1.54) is 24.3 Å². The number of amidine groups is 1. The quantitative estimate of drug-likeness (QED) is 0.416. The van der Waals surface area contributed by atoms with Crippen molar-refractivity contribution in [3.8, 4) is 16.9 Å². The predicted molar refractivity (Wildman–Crippen MR) is 138 cm³/mol. The summed E-state index contributed by atoms with van der Waals surface area (Å²) in [6.45, 7) is 2.07. The fraction of sp³-hybridized carbons (Fsp3) is 0.276. The molecule has 0 saturated heterocycles. The van der Waals surface area contributed by atoms with Gasteiger partial charge < -0.3 is 20.1 Å². The number of nitrogens with one attached hydrogen (secondary N) is 2. The van der Waals surface area contributed by atoms with Gasteiger partial charge in [-0.25, -0.2) is 13.6 Å². The number of methoxy groups -OCH3 is 1. The van der Waals surface area contributed by atoms with Gasteiger partial charge >= 0.3 is 5.97 Å². The Labute approximate surface area is 218 Å². The summed E-state index contributed by atoms with van der Waals surface area (Å²) in [6.07, 6.45) is 0.710. The van der Waals surface area contributed by atoms with Gasteiger partial charge in [-0.15, -0.1) is 0 Å². The first-order valence-electron chi connectivity index (χ1n) is 12.4. The van der Waals surface area contributed by atoms with Crippen molar-refractivity contribution in [1.29, 1.82) is 0 Å². The third kappa shape index (κ3) is 5.51. The molecule has 1 aliphatic carbocycles. The molecule has 9 heteroatoms. The van der Waals surface area contributed by atoms with Crippen LogP contribution in [0.15, 0.2) is 65.7 Å². The van der Waals surface area contributed by atoms with Crippen molar-refractivity contribution in [3.05, 3.63) is 89.0 Å². The zero-order valence-electron chi connectivity index (χ0n) is 20.8. The maximum absolute atomic E-state index is 14.8. The summed E-state index contributed by atoms with van der Waals surface area (Å²) in [4.78, 5) is 29.0. The van der Waals surface area contributed by atoms with Crippen molar-refractivity contribution in [2.45, 2.75) is 13.0 Å². The number of benzene rings is 3. The van der Waals surface area contributed by atoms with Gasteiger partial charge in [0.05, 0.1) is 20.3 Å². The van der Waals surface area contributed by atoms with E-state index < -0.39 is 17.6 Å². The maximum Gasteiger partial charge on any atom is 0.341 e. The number of hydrogen-bond donors (Lipinski definition) is 2. The zero-order chi connectivity index (χ0) is 26.6. The zero-order valence-corrected chi connectivity index (χ0v) is 20.8. The summed E-state index contributed by atoms with van der Waals surface area (Å²) in [5, 5.41) is 6.02. The number of aliphatic imine (C=N–C) groups is 1. The van der Waals surface area contributed by atoms with Crippen molar-refractivity contribution < 1.29 is 27.8 Å². The molecule has 3 aromatic rings. The van der Waals surface area contributed by atoms with Gasteiger partial charge in [-0.2, -0.15) is 0 Å². The Morgan fingerprint density at radius 3 is 2.55 bits per heavy atom. The van der Waals surface area contributed by atoms with Crippen LogP contribution in [0.1, 0.15) is 27.9 Å². The number of amides is 1. The molecular weight excluding hydrogens is 492 g/mol. The second-order valence-corrected chi connectivity index (χ2v) is 9.27. The second kappa shape index (κ2) is 11.0. The van der Waals surface area contributed by atoms with Crippen LogP contribution in [0.25, 0.3) is 11.1 Å². The minimum absolute atomic E-state index is 0.0153. The topological polar surface area (TPSA) is 89.0 Å². The monoisotopic (exact) mass is 519 g/mol. The summed E-state index contributed by atoms with van der Waals surface area (Å²) in [5.41, 5.74) is 1.60. The van der Waals surface area contributed by atoms with E-state index in [1.807, 2.05) is 24.3 Å². The Morgan fingerprint density at radius 1 is 1.05 bits per heavy atom. The summed E-state index contributed by atoms with van der Waals surface area (Å²) < 4.78 is 39.6. The molecule has 1 saturated carbocycles. The Kier molecular flexibility index (Phi) is 7.35. The minimum Gasteiger partial charge on any atom is -0.493 e. The molecule has 7 nitrogen and oxygen atoms in total. The van der Waals surface area contributed by atoms with Gasteiger partial charge in [0.1, 0.15) is 28.8 Å². The lowest BCUT2D eigenvalue weighted by molar-refractivity contribution is -0.122. The lowest BCUT2D eigenvalue weighted by atomic mass is 9.98. The van der Waals surface area contributed by atoms with E-state index >= 15 is 0 Å². The molecule has 0 aromatic heterocycles. The molecule has 2 atom stereocenters. The molecule has 3 aromatic carbocycles. The Morgan fingerprint density at radius 2 is 1.84 bits per heavy atom. The SMILES string of the molecule is COC(=O)c1c(F)cccc1-c1ccc(CNC(=O)[C@@H]2C[C@H]2COc2ccc(C3=NCCN3)cc2)c(F)c1. The largest absolute Gasteiger partial charge is 0.493 e. The highest BCUT2D eigenvalue weighted by molar-refractivity contribution is 5.99. The fourth-order valence-corrected chi connectivity index (χ4v) is 4.50. The molecule has 0 unspecified atom stereocenters. The Hall–Kier alpha value is -4.27. The number of hydrogen-bond acceptors (Lipinski definition) is 6. The third-order valence-corrected chi connectivity index (χ3v) is 6.75. The van der Waals surface area contributed by atoms with E-state index in [0.717, 1.165) is 43.4 Å². The second-order valence-electron chi connectivity index (χ2n) is 9.27.